The molecule has 0 spiro atoms. The first kappa shape index (κ1) is 18.6. The summed E-state index contributed by atoms with van der Waals surface area (Å²) in [6.07, 6.45) is 1.34. The molecule has 0 saturated carbocycles. The third kappa shape index (κ3) is 4.73. The maximum Gasteiger partial charge on any atom is 0.338 e. The molecule has 0 aromatic heterocycles. The summed E-state index contributed by atoms with van der Waals surface area (Å²) in [5, 5.41) is 0. The zero-order valence-electron chi connectivity index (χ0n) is 15.3. The highest BCUT2D eigenvalue weighted by Crippen LogP contribution is 2.22. The van der Waals surface area contributed by atoms with Gasteiger partial charge in [0.05, 0.1) is 5.56 Å². The molecule has 2 aromatic rings. The maximum atomic E-state index is 12.3. The van der Waals surface area contributed by atoms with Crippen molar-refractivity contribution in [1.82, 2.24) is 4.90 Å². The molecule has 0 atom stereocenters. The van der Waals surface area contributed by atoms with E-state index in [-0.39, 0.29) is 18.4 Å². The molecule has 1 aliphatic rings. The van der Waals surface area contributed by atoms with E-state index in [1.807, 2.05) is 30.3 Å². The molecule has 6 heteroatoms. The van der Waals surface area contributed by atoms with Crippen LogP contribution in [0, 0.1) is 0 Å². The molecule has 0 bridgehead atoms. The van der Waals surface area contributed by atoms with Gasteiger partial charge in [0.1, 0.15) is 0 Å². The molecular weight excluding hydrogens is 344 g/mol. The van der Waals surface area contributed by atoms with Gasteiger partial charge >= 0.3 is 5.97 Å². The van der Waals surface area contributed by atoms with Crippen LogP contribution in [-0.2, 0) is 20.9 Å². The van der Waals surface area contributed by atoms with Crippen molar-refractivity contribution in [2.45, 2.75) is 19.4 Å². The Balaban J connectivity index is 1.56. The number of ether oxygens (including phenoxy) is 1. The van der Waals surface area contributed by atoms with Crippen molar-refractivity contribution >= 4 is 23.5 Å². The molecule has 140 valence electrons. The Hall–Kier alpha value is -3.15. The van der Waals surface area contributed by atoms with E-state index in [1.54, 1.807) is 36.2 Å². The van der Waals surface area contributed by atoms with Crippen LogP contribution in [0.2, 0.25) is 0 Å². The van der Waals surface area contributed by atoms with E-state index < -0.39 is 5.97 Å². The second-order valence-corrected chi connectivity index (χ2v) is 6.51. The Morgan fingerprint density at radius 3 is 2.59 bits per heavy atom. The Morgan fingerprint density at radius 1 is 1.11 bits per heavy atom. The van der Waals surface area contributed by atoms with Gasteiger partial charge < -0.3 is 14.5 Å². The molecule has 0 aliphatic carbocycles. The summed E-state index contributed by atoms with van der Waals surface area (Å²) in [6, 6.07) is 16.3. The van der Waals surface area contributed by atoms with Crippen molar-refractivity contribution in [2.24, 2.45) is 0 Å². The number of carbonyl (C=O) groups is 3. The molecule has 2 aromatic carbocycles. The first-order valence-corrected chi connectivity index (χ1v) is 8.90. The molecular formula is C21H22N2O4. The minimum atomic E-state index is -0.579. The van der Waals surface area contributed by atoms with E-state index >= 15 is 0 Å². The highest BCUT2D eigenvalue weighted by molar-refractivity contribution is 5.97. The average molecular weight is 366 g/mol. The zero-order valence-corrected chi connectivity index (χ0v) is 15.3. The number of esters is 1. The first-order valence-electron chi connectivity index (χ1n) is 8.90. The van der Waals surface area contributed by atoms with E-state index in [1.165, 1.54) is 4.90 Å². The van der Waals surface area contributed by atoms with Crippen molar-refractivity contribution < 1.29 is 19.1 Å². The lowest BCUT2D eigenvalue weighted by Crippen LogP contribution is -2.30. The third-order valence-electron chi connectivity index (χ3n) is 4.48. The normalized spacial score (nSPS) is 13.5. The lowest BCUT2D eigenvalue weighted by molar-refractivity contribution is -0.133. The number of benzene rings is 2. The van der Waals surface area contributed by atoms with Gasteiger partial charge in [-0.25, -0.2) is 4.79 Å². The summed E-state index contributed by atoms with van der Waals surface area (Å²) in [7, 11) is 1.67. The molecule has 0 unspecified atom stereocenters. The van der Waals surface area contributed by atoms with Crippen LogP contribution in [0.3, 0.4) is 0 Å². The predicted octanol–water partition coefficient (Wildman–Crippen LogP) is 2.63. The fourth-order valence-electron chi connectivity index (χ4n) is 2.99. The standard InChI is InChI=1S/C21H22N2O4/c1-22(14-16-7-3-2-4-8-16)20(25)15-27-21(26)17-9-5-10-18(13-17)23-12-6-11-19(23)24/h2-5,7-10,13H,6,11-12,14-15H2,1H3. The lowest BCUT2D eigenvalue weighted by Gasteiger charge is -2.18. The number of rotatable bonds is 6. The number of nitrogens with zero attached hydrogens (tertiary/aromatic N) is 2. The monoisotopic (exact) mass is 366 g/mol. The molecule has 3 rings (SSSR count). The number of hydrogen-bond donors (Lipinski definition) is 0. The van der Waals surface area contributed by atoms with Crippen LogP contribution in [0.4, 0.5) is 5.69 Å². The van der Waals surface area contributed by atoms with Gasteiger partial charge in [-0.3, -0.25) is 9.59 Å². The number of anilines is 1. The topological polar surface area (TPSA) is 66.9 Å². The van der Waals surface area contributed by atoms with Crippen molar-refractivity contribution in [3.8, 4) is 0 Å². The van der Waals surface area contributed by atoms with E-state index in [9.17, 15) is 14.4 Å². The Labute approximate surface area is 158 Å². The van der Waals surface area contributed by atoms with Crippen molar-refractivity contribution in [3.63, 3.8) is 0 Å². The van der Waals surface area contributed by atoms with Gasteiger partial charge in [0.2, 0.25) is 5.91 Å². The molecule has 1 saturated heterocycles. The van der Waals surface area contributed by atoms with E-state index in [0.717, 1.165) is 12.0 Å². The number of amides is 2. The van der Waals surface area contributed by atoms with Crippen LogP contribution >= 0.6 is 0 Å². The number of carbonyl (C=O) groups excluding carboxylic acids is 3. The fraction of sp³-hybridized carbons (Fsp3) is 0.286. The van der Waals surface area contributed by atoms with Gasteiger partial charge in [0.15, 0.2) is 6.61 Å². The molecule has 0 radical (unpaired) electrons. The van der Waals surface area contributed by atoms with Gasteiger partial charge in [-0.15, -0.1) is 0 Å². The third-order valence-corrected chi connectivity index (χ3v) is 4.48. The average Bonchev–Trinajstić information content (AvgIpc) is 3.12. The second kappa shape index (κ2) is 8.49. The summed E-state index contributed by atoms with van der Waals surface area (Å²) < 4.78 is 5.16. The highest BCUT2D eigenvalue weighted by atomic mass is 16.5. The first-order chi connectivity index (χ1) is 13.0. The van der Waals surface area contributed by atoms with Crippen LogP contribution in [-0.4, -0.2) is 42.9 Å². The van der Waals surface area contributed by atoms with Crippen molar-refractivity contribution in [2.75, 3.05) is 25.1 Å². The van der Waals surface area contributed by atoms with Crippen molar-refractivity contribution in [1.29, 1.82) is 0 Å². The van der Waals surface area contributed by atoms with Crippen LogP contribution in [0.15, 0.2) is 54.6 Å². The number of hydrogen-bond acceptors (Lipinski definition) is 4. The molecule has 1 fully saturated rings. The predicted molar refractivity (Wildman–Crippen MR) is 101 cm³/mol. The second-order valence-electron chi connectivity index (χ2n) is 6.51. The largest absolute Gasteiger partial charge is 0.452 e. The summed E-state index contributed by atoms with van der Waals surface area (Å²) in [4.78, 5) is 39.5. The minimum absolute atomic E-state index is 0.0539. The van der Waals surface area contributed by atoms with Gasteiger partial charge in [0.25, 0.3) is 5.91 Å². The summed E-state index contributed by atoms with van der Waals surface area (Å²) in [5.41, 5.74) is 2.01. The molecule has 6 nitrogen and oxygen atoms in total. The fourth-order valence-corrected chi connectivity index (χ4v) is 2.99. The highest BCUT2D eigenvalue weighted by Gasteiger charge is 2.22. The van der Waals surface area contributed by atoms with Crippen LogP contribution in [0.25, 0.3) is 0 Å². The van der Waals surface area contributed by atoms with E-state index in [4.69, 9.17) is 4.74 Å². The van der Waals surface area contributed by atoms with Gasteiger partial charge in [-0.05, 0) is 30.2 Å². The Bertz CT molecular complexity index is 835. The van der Waals surface area contributed by atoms with Crippen LogP contribution < -0.4 is 4.90 Å². The number of likely N-dealkylation sites (N-methyl/N-ethyl adjacent to an activating group) is 1. The zero-order chi connectivity index (χ0) is 19.2. The van der Waals surface area contributed by atoms with Gasteiger partial charge in [-0.1, -0.05) is 36.4 Å². The van der Waals surface area contributed by atoms with Crippen LogP contribution in [0.1, 0.15) is 28.8 Å². The molecule has 2 amide bonds. The molecule has 0 N–H and O–H groups in total. The molecule has 27 heavy (non-hydrogen) atoms. The summed E-state index contributed by atoms with van der Waals surface area (Å²) >= 11 is 0. The maximum absolute atomic E-state index is 12.3. The molecule has 1 heterocycles. The van der Waals surface area contributed by atoms with Crippen LogP contribution in [0.5, 0.6) is 0 Å². The van der Waals surface area contributed by atoms with E-state index in [2.05, 4.69) is 0 Å². The SMILES string of the molecule is CN(Cc1ccccc1)C(=O)COC(=O)c1cccc(N2CCCC2=O)c1. The molecule has 1 aliphatic heterocycles. The Kier molecular flexibility index (Phi) is 5.86. The minimum Gasteiger partial charge on any atom is -0.452 e. The van der Waals surface area contributed by atoms with Gasteiger partial charge in [-0.2, -0.15) is 0 Å². The summed E-state index contributed by atoms with van der Waals surface area (Å²) in [6.45, 7) is 0.777. The van der Waals surface area contributed by atoms with Gasteiger partial charge in [0, 0.05) is 32.2 Å². The van der Waals surface area contributed by atoms with Crippen molar-refractivity contribution in [3.05, 3.63) is 65.7 Å². The Morgan fingerprint density at radius 2 is 1.89 bits per heavy atom. The lowest BCUT2D eigenvalue weighted by atomic mass is 10.2. The quantitative estimate of drug-likeness (QED) is 0.737. The summed E-state index contributed by atoms with van der Waals surface area (Å²) in [5.74, 6) is -0.804. The smallest absolute Gasteiger partial charge is 0.338 e. The van der Waals surface area contributed by atoms with E-state index in [0.29, 0.717) is 30.8 Å².